The third-order valence-electron chi connectivity index (χ3n) is 7.67. The zero-order chi connectivity index (χ0) is 30.2. The Bertz CT molecular complexity index is 1720. The van der Waals surface area contributed by atoms with Crippen LogP contribution in [0.3, 0.4) is 0 Å². The number of nitrogens with zero attached hydrogens (tertiary/aromatic N) is 5. The van der Waals surface area contributed by atoms with E-state index < -0.39 is 28.7 Å². The van der Waals surface area contributed by atoms with Crippen molar-refractivity contribution >= 4 is 27.5 Å². The predicted molar refractivity (Wildman–Crippen MR) is 156 cm³/mol. The van der Waals surface area contributed by atoms with E-state index in [9.17, 15) is 23.9 Å². The Balaban J connectivity index is 1.77. The van der Waals surface area contributed by atoms with Crippen molar-refractivity contribution in [3.8, 4) is 10.8 Å². The van der Waals surface area contributed by atoms with Crippen LogP contribution in [0.5, 0.6) is 5.75 Å². The van der Waals surface area contributed by atoms with Crippen LogP contribution in [0.1, 0.15) is 43.9 Å². The molecule has 0 spiro atoms. The predicted octanol–water partition coefficient (Wildman–Crippen LogP) is 2.97. The molecule has 5 rings (SSSR count). The van der Waals surface area contributed by atoms with E-state index in [4.69, 9.17) is 9.47 Å². The minimum Gasteiger partial charge on any atom is -0.496 e. The average Bonchev–Trinajstić information content (AvgIpc) is 3.74. The molecule has 1 aromatic carbocycles. The van der Waals surface area contributed by atoms with Crippen LogP contribution in [0.15, 0.2) is 46.2 Å². The van der Waals surface area contributed by atoms with Gasteiger partial charge in [-0.15, -0.1) is 0 Å². The average molecular weight is 600 g/mol. The lowest BCUT2D eigenvalue weighted by atomic mass is 10.0. The molecule has 4 aromatic rings. The maximum absolute atomic E-state index is 14.4. The van der Waals surface area contributed by atoms with Gasteiger partial charge >= 0.3 is 5.69 Å². The van der Waals surface area contributed by atoms with Crippen molar-refractivity contribution < 1.29 is 23.8 Å². The largest absolute Gasteiger partial charge is 0.496 e. The van der Waals surface area contributed by atoms with Crippen molar-refractivity contribution in [3.63, 3.8) is 0 Å². The highest BCUT2D eigenvalue weighted by Gasteiger charge is 2.39. The number of amides is 1. The van der Waals surface area contributed by atoms with Crippen molar-refractivity contribution in [1.82, 2.24) is 23.8 Å². The topological polar surface area (TPSA) is 121 Å². The number of likely N-dealkylation sites (tertiary alicyclic amines) is 1. The normalized spacial score (nSPS) is 14.6. The third-order valence-corrected chi connectivity index (χ3v) is 8.98. The summed E-state index contributed by atoms with van der Waals surface area (Å²) in [6.07, 6.45) is 4.13. The Kier molecular flexibility index (Phi) is 8.35. The van der Waals surface area contributed by atoms with Crippen LogP contribution in [0.4, 0.5) is 4.39 Å². The van der Waals surface area contributed by atoms with Crippen LogP contribution < -0.4 is 16.0 Å². The molecule has 1 aliphatic heterocycles. The molecule has 3 aromatic heterocycles. The number of halogens is 1. The Morgan fingerprint density at radius 2 is 1.98 bits per heavy atom. The number of aliphatic hydroxyl groups excluding tert-OH is 1. The lowest BCUT2D eigenvalue weighted by Gasteiger charge is -2.31. The first kappa shape index (κ1) is 29.7. The summed E-state index contributed by atoms with van der Waals surface area (Å²) in [6, 6.07) is 5.72. The second kappa shape index (κ2) is 11.8. The van der Waals surface area contributed by atoms with Crippen molar-refractivity contribution in [2.24, 2.45) is 0 Å². The molecule has 1 unspecified atom stereocenters. The molecular weight excluding hydrogens is 565 g/mol. The van der Waals surface area contributed by atoms with Crippen LogP contribution in [0, 0.1) is 12.7 Å². The van der Waals surface area contributed by atoms with E-state index in [1.807, 2.05) is 0 Å². The lowest BCUT2D eigenvalue weighted by molar-refractivity contribution is -0.138. The van der Waals surface area contributed by atoms with Crippen LogP contribution in [-0.2, 0) is 21.6 Å². The molecule has 0 radical (unpaired) electrons. The van der Waals surface area contributed by atoms with E-state index in [0.717, 1.165) is 17.4 Å². The summed E-state index contributed by atoms with van der Waals surface area (Å²) in [5.41, 5.74) is -1.84. The van der Waals surface area contributed by atoms with Gasteiger partial charge in [0.25, 0.3) is 5.56 Å². The highest BCUT2D eigenvalue weighted by molar-refractivity contribution is 7.21. The Labute approximate surface area is 245 Å². The van der Waals surface area contributed by atoms with Gasteiger partial charge in [0.2, 0.25) is 5.91 Å². The number of carbonyl (C=O) groups is 1. The molecule has 11 nitrogen and oxygen atoms in total. The number of hydrogen-bond donors (Lipinski definition) is 1. The number of rotatable bonds is 10. The van der Waals surface area contributed by atoms with Gasteiger partial charge in [0, 0.05) is 36.6 Å². The van der Waals surface area contributed by atoms with Crippen LogP contribution in [0.25, 0.3) is 15.2 Å². The number of benzene rings is 1. The van der Waals surface area contributed by atoms with Gasteiger partial charge in [-0.2, -0.15) is 5.10 Å². The summed E-state index contributed by atoms with van der Waals surface area (Å²) in [7, 11) is 1.44. The molecule has 4 heterocycles. The highest BCUT2D eigenvalue weighted by atomic mass is 32.1. The fourth-order valence-electron chi connectivity index (χ4n) is 5.56. The van der Waals surface area contributed by atoms with Crippen LogP contribution >= 0.6 is 11.3 Å². The second-order valence-electron chi connectivity index (χ2n) is 10.7. The first-order valence-corrected chi connectivity index (χ1v) is 14.6. The van der Waals surface area contributed by atoms with E-state index in [2.05, 4.69) is 5.10 Å². The molecule has 0 aliphatic carbocycles. The monoisotopic (exact) mass is 599 g/mol. The van der Waals surface area contributed by atoms with E-state index >= 15 is 0 Å². The zero-order valence-electron chi connectivity index (χ0n) is 24.0. The summed E-state index contributed by atoms with van der Waals surface area (Å²) in [6.45, 7) is 5.51. The fraction of sp³-hybridized carbons (Fsp3) is 0.448. The van der Waals surface area contributed by atoms with Gasteiger partial charge < -0.3 is 19.5 Å². The lowest BCUT2D eigenvalue weighted by Crippen LogP contribution is -2.56. The highest BCUT2D eigenvalue weighted by Crippen LogP contribution is 2.34. The number of ether oxygens (including phenoxy) is 2. The minimum atomic E-state index is -1.49. The quantitative estimate of drug-likeness (QED) is 0.298. The minimum absolute atomic E-state index is 0.0944. The molecule has 42 heavy (non-hydrogen) atoms. The fourth-order valence-corrected chi connectivity index (χ4v) is 6.80. The number of carbonyl (C=O) groups excluding carboxylic acids is 1. The number of aromatic nitrogens is 4. The third kappa shape index (κ3) is 5.16. The number of aliphatic hydroxyl groups is 1. The van der Waals surface area contributed by atoms with Crippen molar-refractivity contribution in [2.45, 2.75) is 51.8 Å². The van der Waals surface area contributed by atoms with Crippen LogP contribution in [-0.4, -0.2) is 68.2 Å². The number of fused-ring (bicyclic) bond motifs is 1. The Morgan fingerprint density at radius 1 is 1.24 bits per heavy atom. The van der Waals surface area contributed by atoms with E-state index in [0.29, 0.717) is 39.8 Å². The summed E-state index contributed by atoms with van der Waals surface area (Å²) in [5, 5.41) is 14.8. The molecule has 13 heteroatoms. The summed E-state index contributed by atoms with van der Waals surface area (Å²) < 4.78 is 29.9. The van der Waals surface area contributed by atoms with Gasteiger partial charge in [-0.3, -0.25) is 14.2 Å². The van der Waals surface area contributed by atoms with Gasteiger partial charge in [0.15, 0.2) is 0 Å². The first-order valence-electron chi connectivity index (χ1n) is 13.7. The number of methoxy groups -OCH3 is 1. The van der Waals surface area contributed by atoms with Gasteiger partial charge in [-0.1, -0.05) is 11.3 Å². The molecule has 1 amide bonds. The first-order chi connectivity index (χ1) is 20.1. The van der Waals surface area contributed by atoms with Gasteiger partial charge in [-0.05, 0) is 57.9 Å². The number of hydrogen-bond acceptors (Lipinski definition) is 8. The van der Waals surface area contributed by atoms with Gasteiger partial charge in [-0.25, -0.2) is 18.4 Å². The second-order valence-corrected chi connectivity index (χ2v) is 11.7. The molecule has 0 bridgehead atoms. The number of aryl methyl sites for hydroxylation is 1. The molecule has 224 valence electrons. The van der Waals surface area contributed by atoms with Gasteiger partial charge in [0.05, 0.1) is 32.3 Å². The molecule has 1 aliphatic rings. The number of thiophene rings is 1. The summed E-state index contributed by atoms with van der Waals surface area (Å²) in [4.78, 5) is 44.3. The van der Waals surface area contributed by atoms with E-state index in [-0.39, 0.29) is 31.1 Å². The molecular formula is C29H34FN5O6S. The van der Waals surface area contributed by atoms with Crippen molar-refractivity contribution in [2.75, 3.05) is 33.4 Å². The Morgan fingerprint density at radius 3 is 2.62 bits per heavy atom. The molecule has 1 saturated heterocycles. The smallest absolute Gasteiger partial charge is 0.333 e. The SMILES string of the molecule is COc1ccc(F)cc1C(Cn1c(=O)n(C(C)(C)C(=O)N2CCCC2)c(=O)c2c(C)c(-n3cccn3)sc21)OCCO. The molecule has 1 atom stereocenters. The van der Waals surface area contributed by atoms with E-state index in [1.54, 1.807) is 48.8 Å². The van der Waals surface area contributed by atoms with Crippen LogP contribution in [0.2, 0.25) is 0 Å². The summed E-state index contributed by atoms with van der Waals surface area (Å²) >= 11 is 1.21. The molecule has 0 saturated carbocycles. The van der Waals surface area contributed by atoms with E-state index in [1.165, 1.54) is 41.2 Å². The Hall–Kier alpha value is -3.81. The maximum Gasteiger partial charge on any atom is 0.333 e. The standard InChI is InChI=1S/C29H34FN5O6S/c1-18-23-24(37)35(29(2,3)27(38)32-11-5-6-12-32)28(39)33(26(23)42-25(18)34-13-7-10-31-34)17-22(41-15-14-36)20-16-19(30)8-9-21(20)40-4/h7-10,13,16,22,36H,5-6,11-12,14-15,17H2,1-4H3. The molecule has 1 N–H and O–H groups in total. The zero-order valence-corrected chi connectivity index (χ0v) is 24.8. The van der Waals surface area contributed by atoms with Crippen molar-refractivity contribution in [3.05, 3.63) is 74.4 Å². The van der Waals surface area contributed by atoms with Crippen molar-refractivity contribution in [1.29, 1.82) is 0 Å². The van der Waals surface area contributed by atoms with Gasteiger partial charge in [0.1, 0.15) is 33.0 Å². The molecule has 1 fully saturated rings. The maximum atomic E-state index is 14.4. The summed E-state index contributed by atoms with van der Waals surface area (Å²) in [5.74, 6) is -0.512.